The van der Waals surface area contributed by atoms with Gasteiger partial charge in [-0.15, -0.1) is 0 Å². The molecule has 1 rings (SSSR count). The van der Waals surface area contributed by atoms with E-state index in [-0.39, 0.29) is 16.8 Å². The Bertz CT molecular complexity index is 500. The van der Waals surface area contributed by atoms with Crippen LogP contribution in [0.2, 0.25) is 0 Å². The Balaban J connectivity index is 2.69. The second-order valence-electron chi connectivity index (χ2n) is 6.27. The maximum absolute atomic E-state index is 14.2. The number of halogens is 1. The molecule has 0 aliphatic heterocycles. The van der Waals surface area contributed by atoms with Crippen LogP contribution in [0.25, 0.3) is 0 Å². The summed E-state index contributed by atoms with van der Waals surface area (Å²) in [4.78, 5) is 2.13. The lowest BCUT2D eigenvalue weighted by atomic mass is 9.93. The van der Waals surface area contributed by atoms with Crippen LogP contribution in [-0.4, -0.2) is 43.1 Å². The molecule has 0 bridgehead atoms. The van der Waals surface area contributed by atoms with E-state index in [1.54, 1.807) is 12.1 Å². The predicted molar refractivity (Wildman–Crippen MR) is 83.0 cm³/mol. The molecule has 118 valence electrons. The molecule has 6 heteroatoms. The zero-order valence-corrected chi connectivity index (χ0v) is 13.2. The summed E-state index contributed by atoms with van der Waals surface area (Å²) in [6.07, 6.45) is 0. The molecule has 0 unspecified atom stereocenters. The molecule has 0 amide bonds. The van der Waals surface area contributed by atoms with E-state index in [0.717, 1.165) is 13.1 Å². The third-order valence-corrected chi connectivity index (χ3v) is 3.13. The lowest BCUT2D eigenvalue weighted by molar-refractivity contribution is 0.232. The summed E-state index contributed by atoms with van der Waals surface area (Å²) >= 11 is 0. The van der Waals surface area contributed by atoms with Crippen LogP contribution in [0, 0.1) is 11.2 Å². The van der Waals surface area contributed by atoms with E-state index in [9.17, 15) is 4.39 Å². The van der Waals surface area contributed by atoms with Crippen LogP contribution in [0.4, 0.5) is 4.39 Å². The molecular weight excluding hydrogens is 271 g/mol. The van der Waals surface area contributed by atoms with Crippen molar-refractivity contribution in [2.24, 2.45) is 16.3 Å². The number of rotatable bonds is 7. The van der Waals surface area contributed by atoms with Gasteiger partial charge in [0.15, 0.2) is 5.84 Å². The second-order valence-corrected chi connectivity index (χ2v) is 6.27. The Hall–Kier alpha value is -1.66. The van der Waals surface area contributed by atoms with Crippen LogP contribution in [0.1, 0.15) is 25.0 Å². The molecule has 0 aliphatic carbocycles. The van der Waals surface area contributed by atoms with Crippen LogP contribution in [0.3, 0.4) is 0 Å². The lowest BCUT2D eigenvalue weighted by Gasteiger charge is -2.28. The molecule has 0 atom stereocenters. The van der Waals surface area contributed by atoms with Crippen molar-refractivity contribution in [2.45, 2.75) is 20.4 Å². The molecule has 0 radical (unpaired) electrons. The van der Waals surface area contributed by atoms with Crippen molar-refractivity contribution in [3.63, 3.8) is 0 Å². The molecule has 4 N–H and O–H groups in total. The van der Waals surface area contributed by atoms with Gasteiger partial charge in [-0.25, -0.2) is 4.39 Å². The molecule has 21 heavy (non-hydrogen) atoms. The molecule has 0 aromatic heterocycles. The standard InChI is InChI=1S/C15H25FN4O/c1-15(2,10-20(3)4)9-18-8-11-6-5-7-12(13(11)16)14(17)19-21/h5-7,18,21H,8-10H2,1-4H3,(H2,17,19). The van der Waals surface area contributed by atoms with E-state index in [1.807, 2.05) is 14.1 Å². The number of amidine groups is 1. The minimum Gasteiger partial charge on any atom is -0.409 e. The summed E-state index contributed by atoms with van der Waals surface area (Å²) in [5.74, 6) is -0.673. The van der Waals surface area contributed by atoms with Gasteiger partial charge in [0.2, 0.25) is 0 Å². The lowest BCUT2D eigenvalue weighted by Crippen LogP contribution is -2.37. The molecule has 1 aromatic carbocycles. The fraction of sp³-hybridized carbons (Fsp3) is 0.533. The van der Waals surface area contributed by atoms with Crippen molar-refractivity contribution in [3.05, 3.63) is 35.1 Å². The van der Waals surface area contributed by atoms with Crippen molar-refractivity contribution < 1.29 is 9.60 Å². The highest BCUT2D eigenvalue weighted by atomic mass is 19.1. The van der Waals surface area contributed by atoms with Crippen molar-refractivity contribution in [2.75, 3.05) is 27.2 Å². The summed E-state index contributed by atoms with van der Waals surface area (Å²) in [5.41, 5.74) is 6.15. The van der Waals surface area contributed by atoms with E-state index < -0.39 is 5.82 Å². The van der Waals surface area contributed by atoms with Gasteiger partial charge < -0.3 is 21.2 Å². The van der Waals surface area contributed by atoms with Gasteiger partial charge >= 0.3 is 0 Å². The first kappa shape index (κ1) is 17.4. The number of nitrogens with zero attached hydrogens (tertiary/aromatic N) is 2. The molecule has 5 nitrogen and oxygen atoms in total. The highest BCUT2D eigenvalue weighted by molar-refractivity contribution is 5.97. The maximum Gasteiger partial charge on any atom is 0.173 e. The largest absolute Gasteiger partial charge is 0.409 e. The molecule has 0 saturated carbocycles. The van der Waals surface area contributed by atoms with Crippen molar-refractivity contribution >= 4 is 5.84 Å². The van der Waals surface area contributed by atoms with E-state index >= 15 is 0 Å². The monoisotopic (exact) mass is 296 g/mol. The average Bonchev–Trinajstić information content (AvgIpc) is 2.38. The average molecular weight is 296 g/mol. The van der Waals surface area contributed by atoms with Crippen molar-refractivity contribution in [1.82, 2.24) is 10.2 Å². The highest BCUT2D eigenvalue weighted by Crippen LogP contribution is 2.16. The Kier molecular flexibility index (Phi) is 6.11. The molecule has 1 aromatic rings. The number of hydrogen-bond donors (Lipinski definition) is 3. The maximum atomic E-state index is 14.2. The van der Waals surface area contributed by atoms with Gasteiger partial charge in [0.05, 0.1) is 5.56 Å². The van der Waals surface area contributed by atoms with Gasteiger partial charge in [-0.3, -0.25) is 0 Å². The molecule has 0 fully saturated rings. The van der Waals surface area contributed by atoms with Gasteiger partial charge in [-0.1, -0.05) is 31.1 Å². The zero-order valence-electron chi connectivity index (χ0n) is 13.2. The topological polar surface area (TPSA) is 73.9 Å². The number of hydrogen-bond acceptors (Lipinski definition) is 4. The van der Waals surface area contributed by atoms with Gasteiger partial charge in [0.1, 0.15) is 5.82 Å². The van der Waals surface area contributed by atoms with Crippen molar-refractivity contribution in [1.29, 1.82) is 0 Å². The first-order valence-electron chi connectivity index (χ1n) is 6.87. The van der Waals surface area contributed by atoms with E-state index in [4.69, 9.17) is 10.9 Å². The summed E-state index contributed by atoms with van der Waals surface area (Å²) in [6.45, 7) is 6.41. The molecule has 0 saturated heterocycles. The van der Waals surface area contributed by atoms with Crippen LogP contribution in [0.5, 0.6) is 0 Å². The Morgan fingerprint density at radius 1 is 1.43 bits per heavy atom. The Labute approximate surface area is 125 Å². The predicted octanol–water partition coefficient (Wildman–Crippen LogP) is 1.60. The summed E-state index contributed by atoms with van der Waals surface area (Å²) < 4.78 is 14.2. The molecule has 0 spiro atoms. The van der Waals surface area contributed by atoms with E-state index in [2.05, 4.69) is 29.2 Å². The Morgan fingerprint density at radius 2 is 2.10 bits per heavy atom. The van der Waals surface area contributed by atoms with Crippen LogP contribution < -0.4 is 11.1 Å². The molecule has 0 heterocycles. The van der Waals surface area contributed by atoms with E-state index in [1.165, 1.54) is 6.07 Å². The Morgan fingerprint density at radius 3 is 2.67 bits per heavy atom. The zero-order chi connectivity index (χ0) is 16.0. The van der Waals surface area contributed by atoms with Gasteiger partial charge in [0, 0.05) is 25.2 Å². The number of benzene rings is 1. The summed E-state index contributed by atoms with van der Waals surface area (Å²) in [7, 11) is 4.06. The third kappa shape index (κ3) is 5.32. The van der Waals surface area contributed by atoms with Gasteiger partial charge in [0.25, 0.3) is 0 Å². The summed E-state index contributed by atoms with van der Waals surface area (Å²) in [6, 6.07) is 4.87. The summed E-state index contributed by atoms with van der Waals surface area (Å²) in [5, 5.41) is 14.8. The van der Waals surface area contributed by atoms with E-state index in [0.29, 0.717) is 12.1 Å². The second kappa shape index (κ2) is 7.38. The highest BCUT2D eigenvalue weighted by Gasteiger charge is 2.19. The minimum atomic E-state index is -0.453. The van der Waals surface area contributed by atoms with Gasteiger partial charge in [-0.05, 0) is 25.6 Å². The van der Waals surface area contributed by atoms with Gasteiger partial charge in [-0.2, -0.15) is 0 Å². The van der Waals surface area contributed by atoms with Crippen LogP contribution in [0.15, 0.2) is 23.4 Å². The third-order valence-electron chi connectivity index (χ3n) is 3.13. The molecule has 0 aliphatic rings. The van der Waals surface area contributed by atoms with Crippen LogP contribution >= 0.6 is 0 Å². The van der Waals surface area contributed by atoms with Crippen molar-refractivity contribution in [3.8, 4) is 0 Å². The fourth-order valence-corrected chi connectivity index (χ4v) is 2.42. The van der Waals surface area contributed by atoms with Crippen LogP contribution in [-0.2, 0) is 6.54 Å². The number of nitrogens with two attached hydrogens (primary N) is 1. The smallest absolute Gasteiger partial charge is 0.173 e. The number of nitrogens with one attached hydrogen (secondary N) is 1. The first-order valence-corrected chi connectivity index (χ1v) is 6.87. The normalized spacial score (nSPS) is 13.0. The SMILES string of the molecule is CN(C)CC(C)(C)CNCc1cccc(/C(N)=N/O)c1F. The quantitative estimate of drug-likeness (QED) is 0.309. The first-order chi connectivity index (χ1) is 9.76. The number of oxime groups is 1. The molecular formula is C15H25FN4O. The minimum absolute atomic E-state index is 0.0865. The fourth-order valence-electron chi connectivity index (χ4n) is 2.42.